The van der Waals surface area contributed by atoms with Crippen LogP contribution in [0.4, 0.5) is 0 Å². The highest BCUT2D eigenvalue weighted by atomic mass is 14.8. The van der Waals surface area contributed by atoms with Gasteiger partial charge < -0.3 is 0 Å². The van der Waals surface area contributed by atoms with Crippen LogP contribution in [0.25, 0.3) is 199 Å². The molecule has 0 radical (unpaired) electrons. The van der Waals surface area contributed by atoms with Gasteiger partial charge in [0.2, 0.25) is 0 Å². The number of aromatic nitrogens is 10. The number of nitrogens with zero attached hydrogens (tertiary/aromatic N) is 10. The van der Waals surface area contributed by atoms with Crippen molar-refractivity contribution in [1.29, 1.82) is 0 Å². The molecule has 0 bridgehead atoms. The summed E-state index contributed by atoms with van der Waals surface area (Å²) in [6, 6.07) is 105. The molecule has 0 saturated heterocycles. The molecule has 0 unspecified atom stereocenters. The molecule has 0 atom stereocenters. The predicted molar refractivity (Wildman–Crippen MR) is 409 cm³/mol. The highest BCUT2D eigenvalue weighted by molar-refractivity contribution is 6.05. The minimum atomic E-state index is 0.911. The summed E-state index contributed by atoms with van der Waals surface area (Å²) < 4.78 is 0. The Bertz CT molecular complexity index is 6680. The molecule has 0 aliphatic rings. The molecule has 10 aromatic carbocycles. The first-order chi connectivity index (χ1) is 49.5. The van der Waals surface area contributed by atoms with Gasteiger partial charge in [-0.25, -0.2) is 29.9 Å². The average molecular weight is 1280 g/mol. The van der Waals surface area contributed by atoms with Crippen molar-refractivity contribution >= 4 is 109 Å². The van der Waals surface area contributed by atoms with Crippen LogP contribution >= 0.6 is 0 Å². The lowest BCUT2D eigenvalue weighted by molar-refractivity contribution is 1.36. The predicted octanol–water partition coefficient (Wildman–Crippen LogP) is 22.2. The Morgan fingerprint density at radius 2 is 0.450 bits per heavy atom. The summed E-state index contributed by atoms with van der Waals surface area (Å²) >= 11 is 0. The Morgan fingerprint density at radius 1 is 0.150 bits per heavy atom. The second-order valence-electron chi connectivity index (χ2n) is 25.2. The van der Waals surface area contributed by atoms with E-state index < -0.39 is 0 Å². The Balaban J connectivity index is 0.000000139. The molecule has 0 spiro atoms. The fourth-order valence-corrected chi connectivity index (χ4v) is 13.9. The molecule has 0 saturated carbocycles. The van der Waals surface area contributed by atoms with Crippen molar-refractivity contribution in [3.05, 3.63) is 328 Å². The number of rotatable bonds is 8. The van der Waals surface area contributed by atoms with E-state index in [1.807, 2.05) is 49.1 Å². The van der Waals surface area contributed by atoms with Crippen LogP contribution in [-0.2, 0) is 0 Å². The Labute approximate surface area is 573 Å². The second kappa shape index (κ2) is 24.2. The number of pyridine rings is 10. The smallest absolute Gasteiger partial charge is 0.0972 e. The molecule has 0 aliphatic heterocycles. The summed E-state index contributed by atoms with van der Waals surface area (Å²) in [5.41, 5.74) is 25.7. The zero-order valence-electron chi connectivity index (χ0n) is 53.6. The van der Waals surface area contributed by atoms with E-state index in [0.717, 1.165) is 199 Å². The highest BCUT2D eigenvalue weighted by Crippen LogP contribution is 2.37. The molecule has 10 nitrogen and oxygen atoms in total. The van der Waals surface area contributed by atoms with E-state index >= 15 is 0 Å². The molecule has 0 amide bonds. The zero-order chi connectivity index (χ0) is 66.0. The summed E-state index contributed by atoms with van der Waals surface area (Å²) in [5.74, 6) is 0. The maximum Gasteiger partial charge on any atom is 0.0972 e. The normalized spacial score (nSPS) is 11.6. The van der Waals surface area contributed by atoms with E-state index in [1.54, 1.807) is 0 Å². The van der Waals surface area contributed by atoms with Gasteiger partial charge in [-0.2, -0.15) is 0 Å². The van der Waals surface area contributed by atoms with Crippen LogP contribution in [0.5, 0.6) is 0 Å². The largest absolute Gasteiger partial charge is 0.256 e. The van der Waals surface area contributed by atoms with Crippen molar-refractivity contribution in [3.8, 4) is 89.8 Å². The van der Waals surface area contributed by atoms with Gasteiger partial charge in [0.25, 0.3) is 0 Å². The van der Waals surface area contributed by atoms with Gasteiger partial charge in [-0.3, -0.25) is 19.9 Å². The molecule has 10 aromatic heterocycles. The summed E-state index contributed by atoms with van der Waals surface area (Å²) in [6.07, 6.45) is 7.32. The Morgan fingerprint density at radius 3 is 0.920 bits per heavy atom. The van der Waals surface area contributed by atoms with Crippen molar-refractivity contribution in [2.24, 2.45) is 0 Å². The van der Waals surface area contributed by atoms with Crippen molar-refractivity contribution in [2.75, 3.05) is 0 Å². The van der Waals surface area contributed by atoms with Gasteiger partial charge in [0.15, 0.2) is 0 Å². The molecule has 100 heavy (non-hydrogen) atoms. The van der Waals surface area contributed by atoms with Gasteiger partial charge in [0, 0.05) is 112 Å². The zero-order valence-corrected chi connectivity index (χ0v) is 53.6. The third-order valence-corrected chi connectivity index (χ3v) is 19.0. The van der Waals surface area contributed by atoms with E-state index in [1.165, 1.54) is 0 Å². The van der Waals surface area contributed by atoms with Crippen molar-refractivity contribution < 1.29 is 0 Å². The SMILES string of the molecule is c1cc(-c2ccc3cc(-c4ccc5ccc(-c6cccc7cccnc67)nc5c4)ccc3n2)cc(-c2ccc3ccc4cccnc4c3n2)c1.c1cnc2c(-c3ccc4ccc(-c5ccc6nc(-c7ccc(-c8ccc9ccc%10cccnc%10c9n8)cc7)ccc6c5)cc4n3)cccc2c1. The second-order valence-corrected chi connectivity index (χ2v) is 25.2. The third-order valence-electron chi connectivity index (χ3n) is 19.0. The summed E-state index contributed by atoms with van der Waals surface area (Å²) in [4.78, 5) is 48.9. The van der Waals surface area contributed by atoms with Gasteiger partial charge >= 0.3 is 0 Å². The van der Waals surface area contributed by atoms with Crippen LogP contribution in [0.3, 0.4) is 0 Å². The van der Waals surface area contributed by atoms with Gasteiger partial charge in [-0.05, 0) is 125 Å². The van der Waals surface area contributed by atoms with Crippen LogP contribution in [0.15, 0.2) is 328 Å². The van der Waals surface area contributed by atoms with Crippen LogP contribution in [0.1, 0.15) is 0 Å². The van der Waals surface area contributed by atoms with Crippen LogP contribution in [-0.4, -0.2) is 49.8 Å². The van der Waals surface area contributed by atoms with Crippen LogP contribution < -0.4 is 0 Å². The fraction of sp³-hybridized carbons (Fsp3) is 0. The lowest BCUT2D eigenvalue weighted by Gasteiger charge is -2.10. The molecular weight excluding hydrogens is 1220 g/mol. The van der Waals surface area contributed by atoms with Crippen molar-refractivity contribution in [3.63, 3.8) is 0 Å². The lowest BCUT2D eigenvalue weighted by atomic mass is 10.00. The molecule has 10 heterocycles. The molecule has 20 rings (SSSR count). The lowest BCUT2D eigenvalue weighted by Crippen LogP contribution is -1.90. The standard InChI is InChI=1S/2C45H27N5/c1-6-34(26-35(7-1)40-19-16-31-13-12-30-9-4-24-47-44(30)45(31)50-40)38-21-18-36-25-32(17-20-39(36)48-38)33-14-11-28-15-22-41(49-42(28)27-33)37-10-2-5-29-8-3-23-46-43(29)37;1-4-31-5-2-24-46-43(31)37(7-1)41-23-16-30-12-15-35(27-42(30)49-41)34-18-21-40-36(26-34)19-22-38(48-40)28-8-10-29(11-9-28)39-20-17-33-14-13-32-6-3-25-47-44(32)45(33)50-39/h2*1-27H. The van der Waals surface area contributed by atoms with Gasteiger partial charge in [0.1, 0.15) is 0 Å². The van der Waals surface area contributed by atoms with Gasteiger partial charge in [-0.1, -0.05) is 200 Å². The maximum absolute atomic E-state index is 5.09. The number of hydrogen-bond donors (Lipinski definition) is 0. The molecule has 0 N–H and O–H groups in total. The first-order valence-corrected chi connectivity index (χ1v) is 33.3. The van der Waals surface area contributed by atoms with E-state index in [0.29, 0.717) is 0 Å². The van der Waals surface area contributed by atoms with Crippen molar-refractivity contribution in [2.45, 2.75) is 0 Å². The first-order valence-electron chi connectivity index (χ1n) is 33.3. The molecule has 0 aliphatic carbocycles. The van der Waals surface area contributed by atoms with Gasteiger partial charge in [0.05, 0.1) is 89.3 Å². The van der Waals surface area contributed by atoms with Gasteiger partial charge in [-0.15, -0.1) is 0 Å². The maximum atomic E-state index is 5.09. The number of fused-ring (bicyclic) bond motifs is 12. The summed E-state index contributed by atoms with van der Waals surface area (Å²) in [5, 5.41) is 10.9. The Hall–Kier alpha value is -13.7. The fourth-order valence-electron chi connectivity index (χ4n) is 13.9. The minimum Gasteiger partial charge on any atom is -0.256 e. The molecular formula is C90H54N10. The topological polar surface area (TPSA) is 129 Å². The van der Waals surface area contributed by atoms with E-state index in [9.17, 15) is 0 Å². The molecule has 464 valence electrons. The minimum absolute atomic E-state index is 0.911. The van der Waals surface area contributed by atoms with Crippen molar-refractivity contribution in [1.82, 2.24) is 49.8 Å². The van der Waals surface area contributed by atoms with E-state index in [4.69, 9.17) is 29.9 Å². The quantitative estimate of drug-likeness (QED) is 0.136. The Kier molecular flexibility index (Phi) is 14.0. The monoisotopic (exact) mass is 1270 g/mol. The van der Waals surface area contributed by atoms with E-state index in [-0.39, 0.29) is 0 Å². The molecule has 20 aromatic rings. The number of para-hydroxylation sites is 2. The molecule has 0 fully saturated rings. The summed E-state index contributed by atoms with van der Waals surface area (Å²) in [7, 11) is 0. The highest BCUT2D eigenvalue weighted by Gasteiger charge is 2.15. The van der Waals surface area contributed by atoms with Crippen LogP contribution in [0, 0.1) is 0 Å². The average Bonchev–Trinajstić information content (AvgIpc) is 0.797. The number of benzene rings is 10. The van der Waals surface area contributed by atoms with E-state index in [2.05, 4.69) is 299 Å². The first kappa shape index (κ1) is 57.7. The third kappa shape index (κ3) is 10.7. The van der Waals surface area contributed by atoms with Crippen LogP contribution in [0.2, 0.25) is 0 Å². The molecule has 10 heteroatoms. The summed E-state index contributed by atoms with van der Waals surface area (Å²) in [6.45, 7) is 0. The number of hydrogen-bond acceptors (Lipinski definition) is 10.